The highest BCUT2D eigenvalue weighted by Gasteiger charge is 2.33. The Morgan fingerprint density at radius 3 is 2.55 bits per heavy atom. The fourth-order valence-electron chi connectivity index (χ4n) is 5.34. The molecule has 4 amide bonds. The predicted molar refractivity (Wildman–Crippen MR) is 186 cm³/mol. The molecule has 1 aliphatic carbocycles. The van der Waals surface area contributed by atoms with Gasteiger partial charge in [-0.15, -0.1) is 11.3 Å². The number of nitrogens with one attached hydrogen (secondary N) is 3. The Hall–Kier alpha value is -5.27. The van der Waals surface area contributed by atoms with E-state index in [1.54, 1.807) is 60.1 Å². The van der Waals surface area contributed by atoms with Gasteiger partial charge in [-0.05, 0) is 85.8 Å². The zero-order chi connectivity index (χ0) is 34.2. The minimum Gasteiger partial charge on any atom is -0.494 e. The molecule has 254 valence electrons. The van der Waals surface area contributed by atoms with Crippen molar-refractivity contribution in [2.24, 2.45) is 5.73 Å². The summed E-state index contributed by atoms with van der Waals surface area (Å²) in [6, 6.07) is 19.0. The van der Waals surface area contributed by atoms with Crippen LogP contribution in [-0.4, -0.2) is 65.4 Å². The van der Waals surface area contributed by atoms with E-state index in [4.69, 9.17) is 15.2 Å². The number of nitrogens with zero attached hydrogens (tertiary/aromatic N) is 2. The first-order valence-corrected chi connectivity index (χ1v) is 17.2. The zero-order valence-corrected chi connectivity index (χ0v) is 27.7. The number of ether oxygens (including phenoxy) is 2. The third kappa shape index (κ3) is 9.21. The van der Waals surface area contributed by atoms with E-state index in [9.17, 15) is 19.2 Å². The summed E-state index contributed by atoms with van der Waals surface area (Å²) in [7, 11) is 0. The Balaban J connectivity index is 0.924. The summed E-state index contributed by atoms with van der Waals surface area (Å²) in [6.45, 7) is 1.35. The molecule has 0 bridgehead atoms. The summed E-state index contributed by atoms with van der Waals surface area (Å²) >= 11 is 1.48. The molecule has 1 saturated carbocycles. The van der Waals surface area contributed by atoms with Crippen LogP contribution in [-0.2, 0) is 22.6 Å². The van der Waals surface area contributed by atoms with E-state index in [1.165, 1.54) is 11.3 Å². The van der Waals surface area contributed by atoms with Crippen LogP contribution in [0.3, 0.4) is 0 Å². The second-order valence-corrected chi connectivity index (χ2v) is 12.7. The molecule has 0 saturated heterocycles. The van der Waals surface area contributed by atoms with E-state index in [-0.39, 0.29) is 36.3 Å². The molecular formula is C36H38N6O6S. The highest BCUT2D eigenvalue weighted by atomic mass is 32.1. The molecule has 6 rings (SSSR count). The third-order valence-electron chi connectivity index (χ3n) is 8.18. The van der Waals surface area contributed by atoms with Gasteiger partial charge >= 0.3 is 0 Å². The second kappa shape index (κ2) is 15.8. The van der Waals surface area contributed by atoms with Crippen LogP contribution >= 0.6 is 11.3 Å². The summed E-state index contributed by atoms with van der Waals surface area (Å²) in [6.07, 6.45) is 3.81. The van der Waals surface area contributed by atoms with Crippen LogP contribution in [0.1, 0.15) is 57.7 Å². The quantitative estimate of drug-likeness (QED) is 0.134. The van der Waals surface area contributed by atoms with Crippen LogP contribution in [0.25, 0.3) is 0 Å². The van der Waals surface area contributed by atoms with Gasteiger partial charge in [-0.1, -0.05) is 12.1 Å². The SMILES string of the molecule is N[C@@H](Cc1cscn1)C(=O)NCCCCOc1ccc(NC(=O)c2ccc(CN(C(=O)c3ccc4c(c3)OCC(=O)N4)C3CC3)cc2)cc1. The molecule has 2 heterocycles. The molecule has 1 aliphatic heterocycles. The van der Waals surface area contributed by atoms with Gasteiger partial charge in [0.1, 0.15) is 11.5 Å². The summed E-state index contributed by atoms with van der Waals surface area (Å²) in [5.41, 5.74) is 11.6. The van der Waals surface area contributed by atoms with Gasteiger partial charge < -0.3 is 36.1 Å². The number of hydrogen-bond acceptors (Lipinski definition) is 9. The molecule has 0 radical (unpaired) electrons. The van der Waals surface area contributed by atoms with Crippen molar-refractivity contribution >= 4 is 46.3 Å². The largest absolute Gasteiger partial charge is 0.494 e. The van der Waals surface area contributed by atoms with Crippen molar-refractivity contribution in [2.75, 3.05) is 30.4 Å². The summed E-state index contributed by atoms with van der Waals surface area (Å²) in [5, 5.41) is 10.4. The number of rotatable bonds is 15. The Labute approximate surface area is 288 Å². The van der Waals surface area contributed by atoms with E-state index in [0.29, 0.717) is 60.1 Å². The van der Waals surface area contributed by atoms with Crippen LogP contribution in [0.4, 0.5) is 11.4 Å². The van der Waals surface area contributed by atoms with Crippen molar-refractivity contribution in [2.45, 2.75) is 50.7 Å². The van der Waals surface area contributed by atoms with E-state index in [1.807, 2.05) is 22.4 Å². The fourth-order valence-corrected chi connectivity index (χ4v) is 5.91. The molecule has 2 aliphatic rings. The van der Waals surface area contributed by atoms with Crippen LogP contribution in [0.2, 0.25) is 0 Å². The topological polar surface area (TPSA) is 165 Å². The van der Waals surface area contributed by atoms with Crippen molar-refractivity contribution in [1.29, 1.82) is 0 Å². The van der Waals surface area contributed by atoms with Crippen LogP contribution in [0, 0.1) is 0 Å². The van der Waals surface area contributed by atoms with E-state index in [2.05, 4.69) is 20.9 Å². The minimum atomic E-state index is -0.617. The first-order chi connectivity index (χ1) is 23.8. The van der Waals surface area contributed by atoms with Crippen molar-refractivity contribution in [3.8, 4) is 11.5 Å². The molecule has 49 heavy (non-hydrogen) atoms. The van der Waals surface area contributed by atoms with Gasteiger partial charge in [0.25, 0.3) is 17.7 Å². The van der Waals surface area contributed by atoms with Crippen molar-refractivity contribution in [1.82, 2.24) is 15.2 Å². The van der Waals surface area contributed by atoms with Crippen molar-refractivity contribution in [3.05, 3.63) is 100 Å². The molecule has 0 spiro atoms. The number of fused-ring (bicyclic) bond motifs is 1. The van der Waals surface area contributed by atoms with Crippen molar-refractivity contribution in [3.63, 3.8) is 0 Å². The summed E-state index contributed by atoms with van der Waals surface area (Å²) in [4.78, 5) is 56.1. The van der Waals surface area contributed by atoms with Gasteiger partial charge in [0.2, 0.25) is 5.91 Å². The Morgan fingerprint density at radius 1 is 1.04 bits per heavy atom. The molecule has 4 aromatic rings. The average molecular weight is 683 g/mol. The molecule has 0 unspecified atom stereocenters. The van der Waals surface area contributed by atoms with E-state index >= 15 is 0 Å². The monoisotopic (exact) mass is 682 g/mol. The van der Waals surface area contributed by atoms with Gasteiger partial charge in [-0.2, -0.15) is 0 Å². The molecule has 3 aromatic carbocycles. The average Bonchev–Trinajstić information content (AvgIpc) is 3.83. The lowest BCUT2D eigenvalue weighted by molar-refractivity contribution is -0.122. The maximum atomic E-state index is 13.5. The highest BCUT2D eigenvalue weighted by molar-refractivity contribution is 7.07. The fraction of sp³-hybridized carbons (Fsp3) is 0.306. The zero-order valence-electron chi connectivity index (χ0n) is 26.9. The van der Waals surface area contributed by atoms with Gasteiger partial charge in [0.05, 0.1) is 29.5 Å². The molecule has 5 N–H and O–H groups in total. The summed E-state index contributed by atoms with van der Waals surface area (Å²) < 4.78 is 11.3. The lowest BCUT2D eigenvalue weighted by atomic mass is 10.1. The number of unbranched alkanes of at least 4 members (excludes halogenated alkanes) is 1. The molecule has 1 atom stereocenters. The third-order valence-corrected chi connectivity index (χ3v) is 8.81. The van der Waals surface area contributed by atoms with Gasteiger partial charge in [-0.3, -0.25) is 19.2 Å². The molecule has 12 nitrogen and oxygen atoms in total. The normalized spacial score (nSPS) is 14.1. The number of nitrogens with two attached hydrogens (primary N) is 1. The number of aromatic nitrogens is 1. The maximum Gasteiger partial charge on any atom is 0.262 e. The second-order valence-electron chi connectivity index (χ2n) is 12.0. The molecule has 1 aromatic heterocycles. The van der Waals surface area contributed by atoms with Crippen LogP contribution in [0.5, 0.6) is 11.5 Å². The number of carbonyl (C=O) groups is 4. The lowest BCUT2D eigenvalue weighted by Crippen LogP contribution is -2.42. The Morgan fingerprint density at radius 2 is 1.82 bits per heavy atom. The highest BCUT2D eigenvalue weighted by Crippen LogP contribution is 2.33. The molecule has 1 fully saturated rings. The smallest absolute Gasteiger partial charge is 0.262 e. The number of anilines is 2. The molecular weight excluding hydrogens is 644 g/mol. The molecule has 13 heteroatoms. The number of thiazole rings is 1. The van der Waals surface area contributed by atoms with Gasteiger partial charge in [-0.25, -0.2) is 4.98 Å². The number of hydrogen-bond donors (Lipinski definition) is 4. The number of amides is 4. The van der Waals surface area contributed by atoms with E-state index < -0.39 is 6.04 Å². The van der Waals surface area contributed by atoms with Gasteiger partial charge in [0, 0.05) is 47.7 Å². The predicted octanol–water partition coefficient (Wildman–Crippen LogP) is 4.38. The lowest BCUT2D eigenvalue weighted by Gasteiger charge is -2.24. The summed E-state index contributed by atoms with van der Waals surface area (Å²) in [5.74, 6) is 0.407. The number of carbonyl (C=O) groups excluding carboxylic acids is 4. The van der Waals surface area contributed by atoms with Gasteiger partial charge in [0.15, 0.2) is 6.61 Å². The minimum absolute atomic E-state index is 0.0757. The van der Waals surface area contributed by atoms with Crippen LogP contribution < -0.4 is 31.2 Å². The first-order valence-electron chi connectivity index (χ1n) is 16.2. The van der Waals surface area contributed by atoms with Crippen molar-refractivity contribution < 1.29 is 28.7 Å². The Bertz CT molecular complexity index is 1780. The maximum absolute atomic E-state index is 13.5. The van der Waals surface area contributed by atoms with E-state index in [0.717, 1.165) is 36.9 Å². The number of benzene rings is 3. The first kappa shape index (κ1) is 33.6. The van der Waals surface area contributed by atoms with Crippen LogP contribution in [0.15, 0.2) is 77.6 Å². The Kier molecular flexibility index (Phi) is 10.8. The standard InChI is InChI=1S/C36H38N6O6S/c37-30(18-27-21-49-22-39-27)35(45)38-15-1-2-16-47-29-12-8-26(9-13-29)40-34(44)24-5-3-23(4-6-24)19-42(28-10-11-28)36(46)25-7-14-31-32(17-25)48-20-33(43)41-31/h3-9,12-14,17,21-22,28,30H,1-2,10-11,15-16,18-20,37H2,(H,38,45)(H,40,44)(H,41,43)/t30-/m0/s1.